The molecule has 0 spiro atoms. The summed E-state index contributed by atoms with van der Waals surface area (Å²) in [4.78, 5) is 0. The first-order valence-corrected chi connectivity index (χ1v) is 10.9. The Morgan fingerprint density at radius 2 is 0.826 bits per heavy atom. The molecule has 23 heavy (non-hydrogen) atoms. The van der Waals surface area contributed by atoms with Gasteiger partial charge in [-0.15, -0.1) is 0 Å². The molecule has 6 nitrogen and oxygen atoms in total. The van der Waals surface area contributed by atoms with Crippen molar-refractivity contribution in [1.82, 2.24) is 14.0 Å². The van der Waals surface area contributed by atoms with Crippen molar-refractivity contribution in [1.29, 1.82) is 0 Å². The van der Waals surface area contributed by atoms with Gasteiger partial charge in [0.05, 0.1) is 0 Å². The first kappa shape index (κ1) is 18.0. The molecule has 0 bridgehead atoms. The molecule has 3 heterocycles. The van der Waals surface area contributed by atoms with E-state index < -0.39 is 7.71 Å². The quantitative estimate of drug-likeness (QED) is 0.716. The molecule has 3 saturated heterocycles. The predicted molar refractivity (Wildman–Crippen MR) is 95.2 cm³/mol. The fraction of sp³-hybridized carbons (Fsp3) is 1.00. The van der Waals surface area contributed by atoms with Crippen molar-refractivity contribution in [3.8, 4) is 0 Å². The van der Waals surface area contributed by atoms with E-state index in [9.17, 15) is 0 Å². The van der Waals surface area contributed by atoms with Crippen LogP contribution in [0, 0.1) is 0 Å². The van der Waals surface area contributed by atoms with E-state index in [0.29, 0.717) is 0 Å². The van der Waals surface area contributed by atoms with E-state index in [-0.39, 0.29) is 5.16 Å². The van der Waals surface area contributed by atoms with E-state index in [1.54, 1.807) is 0 Å². The summed E-state index contributed by atoms with van der Waals surface area (Å²) in [7, 11) is -2.03. The molecular weight excluding hydrogens is 313 g/mol. The minimum atomic E-state index is -2.03. The summed E-state index contributed by atoms with van der Waals surface area (Å²) in [6.45, 7) is 18.8. The SMILES string of the molecule is CC(C)(C)[PH](N1CCOCC1)(N1CCOCC1)N1CCOCC1. The second-order valence-electron chi connectivity index (χ2n) is 7.68. The number of nitrogens with zero attached hydrogens (tertiary/aromatic N) is 3. The molecule has 0 aromatic rings. The van der Waals surface area contributed by atoms with Crippen LogP contribution in [-0.4, -0.2) is 98.1 Å². The molecule has 0 saturated carbocycles. The Hall–Kier alpha value is 0.190. The van der Waals surface area contributed by atoms with Crippen LogP contribution < -0.4 is 0 Å². The molecule has 0 unspecified atom stereocenters. The standard InChI is InChI=1S/C16H34N3O3P/c1-16(2,3)23(17-4-10-20-11-5-17,18-6-12-21-13-7-18)19-8-14-22-15-9-19/h23H,4-15H2,1-3H3. The van der Waals surface area contributed by atoms with E-state index in [0.717, 1.165) is 78.9 Å². The number of ether oxygens (including phenoxy) is 3. The molecule has 0 atom stereocenters. The topological polar surface area (TPSA) is 37.4 Å². The fourth-order valence-electron chi connectivity index (χ4n) is 4.65. The van der Waals surface area contributed by atoms with Crippen molar-refractivity contribution in [2.24, 2.45) is 0 Å². The molecular formula is C16H34N3O3P. The average Bonchev–Trinajstić information content (AvgIpc) is 2.57. The zero-order valence-electron chi connectivity index (χ0n) is 15.1. The fourth-order valence-corrected chi connectivity index (χ4v) is 11.1. The summed E-state index contributed by atoms with van der Waals surface area (Å²) in [5.41, 5.74) is 0. The average molecular weight is 347 g/mol. The third kappa shape index (κ3) is 3.45. The molecule has 0 aromatic carbocycles. The third-order valence-electron chi connectivity index (χ3n) is 5.36. The summed E-state index contributed by atoms with van der Waals surface area (Å²) in [5.74, 6) is 0. The Labute approximate surface area is 141 Å². The Morgan fingerprint density at radius 3 is 1.04 bits per heavy atom. The van der Waals surface area contributed by atoms with Crippen LogP contribution >= 0.6 is 7.71 Å². The second kappa shape index (κ2) is 7.61. The Balaban J connectivity index is 1.99. The molecule has 0 aromatic heterocycles. The van der Waals surface area contributed by atoms with Gasteiger partial charge in [-0.1, -0.05) is 0 Å². The molecule has 0 radical (unpaired) electrons. The number of rotatable bonds is 3. The normalized spacial score (nSPS) is 28.0. The van der Waals surface area contributed by atoms with Crippen molar-refractivity contribution in [3.05, 3.63) is 0 Å². The van der Waals surface area contributed by atoms with Crippen LogP contribution in [0.4, 0.5) is 0 Å². The Morgan fingerprint density at radius 1 is 0.565 bits per heavy atom. The summed E-state index contributed by atoms with van der Waals surface area (Å²) in [5, 5.41) is 0.235. The molecule has 136 valence electrons. The van der Waals surface area contributed by atoms with E-state index in [1.807, 2.05) is 0 Å². The third-order valence-corrected chi connectivity index (χ3v) is 11.4. The number of hydrogen-bond donors (Lipinski definition) is 0. The van der Waals surface area contributed by atoms with Crippen LogP contribution in [0.5, 0.6) is 0 Å². The molecule has 7 heteroatoms. The van der Waals surface area contributed by atoms with Gasteiger partial charge in [0.25, 0.3) is 0 Å². The van der Waals surface area contributed by atoms with Crippen molar-refractivity contribution in [3.63, 3.8) is 0 Å². The second-order valence-corrected chi connectivity index (χ2v) is 12.4. The van der Waals surface area contributed by atoms with Gasteiger partial charge in [0.2, 0.25) is 0 Å². The number of morpholine rings is 3. The van der Waals surface area contributed by atoms with Gasteiger partial charge in [0.15, 0.2) is 0 Å². The summed E-state index contributed by atoms with van der Waals surface area (Å²) in [6, 6.07) is 0. The zero-order chi connectivity index (χ0) is 16.3. The van der Waals surface area contributed by atoms with Crippen LogP contribution in [0.2, 0.25) is 0 Å². The van der Waals surface area contributed by atoms with Crippen LogP contribution in [0.3, 0.4) is 0 Å². The van der Waals surface area contributed by atoms with Crippen LogP contribution in [0.25, 0.3) is 0 Å². The van der Waals surface area contributed by atoms with Gasteiger partial charge in [-0.25, -0.2) is 0 Å². The Bertz CT molecular complexity index is 328. The summed E-state index contributed by atoms with van der Waals surface area (Å²) >= 11 is 0. The molecule has 0 aliphatic carbocycles. The molecule has 3 fully saturated rings. The molecule has 3 aliphatic rings. The van der Waals surface area contributed by atoms with E-state index in [4.69, 9.17) is 14.2 Å². The molecule has 0 N–H and O–H groups in total. The maximum absolute atomic E-state index is 5.68. The summed E-state index contributed by atoms with van der Waals surface area (Å²) < 4.78 is 25.4. The molecule has 3 rings (SSSR count). The zero-order valence-corrected chi connectivity index (χ0v) is 16.1. The first-order valence-electron chi connectivity index (χ1n) is 9.05. The monoisotopic (exact) mass is 347 g/mol. The number of hydrogen-bond acceptors (Lipinski definition) is 6. The van der Waals surface area contributed by atoms with Crippen LogP contribution in [-0.2, 0) is 14.2 Å². The van der Waals surface area contributed by atoms with Gasteiger partial charge in [-0.05, 0) is 0 Å². The van der Waals surface area contributed by atoms with Gasteiger partial charge in [-0.2, -0.15) is 0 Å². The van der Waals surface area contributed by atoms with Crippen LogP contribution in [0.15, 0.2) is 0 Å². The molecule has 3 aliphatic heterocycles. The predicted octanol–water partition coefficient (Wildman–Crippen LogP) is 1.28. The van der Waals surface area contributed by atoms with Gasteiger partial charge >= 0.3 is 141 Å². The van der Waals surface area contributed by atoms with E-state index in [2.05, 4.69) is 34.8 Å². The summed E-state index contributed by atoms with van der Waals surface area (Å²) in [6.07, 6.45) is 0. The van der Waals surface area contributed by atoms with Gasteiger partial charge in [-0.3, -0.25) is 0 Å². The minimum absolute atomic E-state index is 0.235. The van der Waals surface area contributed by atoms with Crippen LogP contribution in [0.1, 0.15) is 20.8 Å². The van der Waals surface area contributed by atoms with E-state index in [1.165, 1.54) is 0 Å². The Kier molecular flexibility index (Phi) is 5.95. The van der Waals surface area contributed by atoms with Crippen molar-refractivity contribution in [2.75, 3.05) is 78.9 Å². The van der Waals surface area contributed by atoms with Gasteiger partial charge in [0, 0.05) is 0 Å². The van der Waals surface area contributed by atoms with E-state index >= 15 is 0 Å². The van der Waals surface area contributed by atoms with Crippen molar-refractivity contribution in [2.45, 2.75) is 25.9 Å². The first-order chi connectivity index (χ1) is 11.1. The molecule has 0 amide bonds. The van der Waals surface area contributed by atoms with Crippen molar-refractivity contribution >= 4 is 7.71 Å². The van der Waals surface area contributed by atoms with Gasteiger partial charge in [0.1, 0.15) is 0 Å². The maximum atomic E-state index is 5.68. The van der Waals surface area contributed by atoms with Gasteiger partial charge < -0.3 is 0 Å². The van der Waals surface area contributed by atoms with Crippen molar-refractivity contribution < 1.29 is 14.2 Å².